The summed E-state index contributed by atoms with van der Waals surface area (Å²) >= 11 is 0. The predicted molar refractivity (Wildman–Crippen MR) is 128 cm³/mol. The zero-order valence-electron chi connectivity index (χ0n) is 19.8. The molecule has 0 aromatic heterocycles. The number of rotatable bonds is 3. The van der Waals surface area contributed by atoms with Gasteiger partial charge in [0.25, 0.3) is 5.91 Å². The molecule has 0 aliphatic carbocycles. The van der Waals surface area contributed by atoms with Crippen molar-refractivity contribution in [2.75, 3.05) is 26.2 Å². The normalized spacial score (nSPS) is 21.3. The summed E-state index contributed by atoms with van der Waals surface area (Å²) in [6.45, 7) is 9.04. The number of fused-ring (bicyclic) bond motifs is 1. The second-order valence-corrected chi connectivity index (χ2v) is 10.7. The molecule has 3 heterocycles. The Hall–Kier alpha value is -2.84. The van der Waals surface area contributed by atoms with Crippen LogP contribution in [-0.4, -0.2) is 47.5 Å². The van der Waals surface area contributed by atoms with Gasteiger partial charge in [0.15, 0.2) is 0 Å². The molecule has 5 rings (SSSR count). The highest BCUT2D eigenvalue weighted by Crippen LogP contribution is 2.43. The predicted octanol–water partition coefficient (Wildman–Crippen LogP) is 4.79. The summed E-state index contributed by atoms with van der Waals surface area (Å²) in [6.07, 6.45) is 5.46. The molecule has 0 bridgehead atoms. The maximum absolute atomic E-state index is 13.0. The van der Waals surface area contributed by atoms with Gasteiger partial charge in [-0.1, -0.05) is 30.3 Å². The zero-order chi connectivity index (χ0) is 23.1. The minimum Gasteiger partial charge on any atom is -0.487 e. The van der Waals surface area contributed by atoms with Gasteiger partial charge in [-0.2, -0.15) is 5.26 Å². The van der Waals surface area contributed by atoms with E-state index in [9.17, 15) is 10.1 Å². The average molecular weight is 444 g/mol. The summed E-state index contributed by atoms with van der Waals surface area (Å²) in [7, 11) is 0. The highest BCUT2D eigenvalue weighted by atomic mass is 16.5. The van der Waals surface area contributed by atoms with E-state index in [1.54, 1.807) is 12.1 Å². The van der Waals surface area contributed by atoms with E-state index in [1.807, 2.05) is 17.0 Å². The first kappa shape index (κ1) is 22.0. The number of carbonyl (C=O) groups is 1. The van der Waals surface area contributed by atoms with E-state index in [-0.39, 0.29) is 11.5 Å². The van der Waals surface area contributed by atoms with Crippen molar-refractivity contribution >= 4 is 5.91 Å². The Morgan fingerprint density at radius 3 is 2.42 bits per heavy atom. The van der Waals surface area contributed by atoms with E-state index in [1.165, 1.54) is 24.0 Å². The van der Waals surface area contributed by atoms with Crippen LogP contribution in [0, 0.1) is 16.7 Å². The van der Waals surface area contributed by atoms with Crippen molar-refractivity contribution in [3.05, 3.63) is 64.7 Å². The lowest BCUT2D eigenvalue weighted by Gasteiger charge is -2.47. The van der Waals surface area contributed by atoms with E-state index in [0.717, 1.165) is 57.7 Å². The summed E-state index contributed by atoms with van der Waals surface area (Å²) in [5.74, 6) is 1.10. The van der Waals surface area contributed by atoms with Gasteiger partial charge in [0, 0.05) is 31.6 Å². The van der Waals surface area contributed by atoms with E-state index in [2.05, 4.69) is 43.0 Å². The minimum atomic E-state index is -0.108. The molecule has 0 N–H and O–H groups in total. The molecule has 3 aliphatic rings. The molecule has 2 aromatic carbocycles. The van der Waals surface area contributed by atoms with Gasteiger partial charge >= 0.3 is 0 Å². The number of amides is 1. The molecule has 2 saturated heterocycles. The highest BCUT2D eigenvalue weighted by molar-refractivity contribution is 5.96. The fraction of sp³-hybridized carbons (Fsp3) is 0.500. The minimum absolute atomic E-state index is 0.000271. The number of nitriles is 1. The number of benzene rings is 2. The van der Waals surface area contributed by atoms with Crippen molar-refractivity contribution in [3.8, 4) is 11.8 Å². The Morgan fingerprint density at radius 2 is 1.70 bits per heavy atom. The summed E-state index contributed by atoms with van der Waals surface area (Å²) in [5, 5.41) is 9.34. The van der Waals surface area contributed by atoms with Crippen LogP contribution in [0.5, 0.6) is 5.75 Å². The standard InChI is InChI=1S/C28H33N3O2/c1-27(2)18-21-7-5-8-23(25(21)33-27)20-30-14-10-28(11-15-30)12-16-31(17-13-28)26(32)24-9-4-3-6-22(24)19-29/h3-9H,10-18,20H2,1-2H3. The lowest BCUT2D eigenvalue weighted by Crippen LogP contribution is -2.48. The number of hydrogen-bond donors (Lipinski definition) is 0. The average Bonchev–Trinajstić information content (AvgIpc) is 3.15. The molecule has 2 fully saturated rings. The molecule has 5 heteroatoms. The first-order valence-electron chi connectivity index (χ1n) is 12.2. The van der Waals surface area contributed by atoms with Crippen LogP contribution in [0.25, 0.3) is 0 Å². The number of nitrogens with zero attached hydrogens (tertiary/aromatic N) is 3. The fourth-order valence-electron chi connectivity index (χ4n) is 5.85. The monoisotopic (exact) mass is 443 g/mol. The van der Waals surface area contributed by atoms with Crippen molar-refractivity contribution in [1.82, 2.24) is 9.80 Å². The summed E-state index contributed by atoms with van der Waals surface area (Å²) < 4.78 is 6.28. The second kappa shape index (κ2) is 8.50. The van der Waals surface area contributed by atoms with E-state index < -0.39 is 0 Å². The van der Waals surface area contributed by atoms with E-state index >= 15 is 0 Å². The summed E-state index contributed by atoms with van der Waals surface area (Å²) in [6, 6.07) is 15.9. The van der Waals surface area contributed by atoms with Gasteiger partial charge in [0.1, 0.15) is 11.4 Å². The second-order valence-electron chi connectivity index (χ2n) is 10.7. The quantitative estimate of drug-likeness (QED) is 0.684. The lowest BCUT2D eigenvalue weighted by molar-refractivity contribution is 0.0282. The molecule has 5 nitrogen and oxygen atoms in total. The Morgan fingerprint density at radius 1 is 1.00 bits per heavy atom. The van der Waals surface area contributed by atoms with Crippen LogP contribution in [0.15, 0.2) is 42.5 Å². The van der Waals surface area contributed by atoms with Crippen LogP contribution in [0.3, 0.4) is 0 Å². The maximum Gasteiger partial charge on any atom is 0.255 e. The first-order chi connectivity index (χ1) is 15.9. The summed E-state index contributed by atoms with van der Waals surface area (Å²) in [5.41, 5.74) is 3.89. The third kappa shape index (κ3) is 4.37. The van der Waals surface area contributed by atoms with Gasteiger partial charge in [-0.15, -0.1) is 0 Å². The Bertz CT molecular complexity index is 1080. The SMILES string of the molecule is CC1(C)Cc2cccc(CN3CCC4(CC3)CCN(C(=O)c3ccccc3C#N)CC4)c2O1. The van der Waals surface area contributed by atoms with Crippen LogP contribution >= 0.6 is 0 Å². The highest BCUT2D eigenvalue weighted by Gasteiger charge is 2.39. The van der Waals surface area contributed by atoms with Crippen molar-refractivity contribution in [2.45, 2.75) is 58.1 Å². The largest absolute Gasteiger partial charge is 0.487 e. The first-order valence-corrected chi connectivity index (χ1v) is 12.2. The van der Waals surface area contributed by atoms with Crippen LogP contribution in [0.4, 0.5) is 0 Å². The molecule has 0 unspecified atom stereocenters. The van der Waals surface area contributed by atoms with Gasteiger partial charge in [0.05, 0.1) is 17.2 Å². The Balaban J connectivity index is 1.17. The number of carbonyl (C=O) groups excluding carboxylic acids is 1. The van der Waals surface area contributed by atoms with E-state index in [4.69, 9.17) is 4.74 Å². The molecule has 0 radical (unpaired) electrons. The van der Waals surface area contributed by atoms with Crippen LogP contribution in [0.2, 0.25) is 0 Å². The van der Waals surface area contributed by atoms with Gasteiger partial charge in [-0.25, -0.2) is 0 Å². The number of likely N-dealkylation sites (tertiary alicyclic amines) is 2. The van der Waals surface area contributed by atoms with Gasteiger partial charge in [0.2, 0.25) is 0 Å². The number of piperidine rings is 2. The Kier molecular flexibility index (Phi) is 5.66. The van der Waals surface area contributed by atoms with Gasteiger partial charge < -0.3 is 9.64 Å². The molecule has 33 heavy (non-hydrogen) atoms. The van der Waals surface area contributed by atoms with Crippen LogP contribution in [0.1, 0.15) is 66.6 Å². The van der Waals surface area contributed by atoms with Gasteiger partial charge in [-0.05, 0) is 75.7 Å². The third-order valence-corrected chi connectivity index (χ3v) is 7.87. The third-order valence-electron chi connectivity index (χ3n) is 7.87. The molecular formula is C28H33N3O2. The smallest absolute Gasteiger partial charge is 0.255 e. The molecule has 0 atom stereocenters. The van der Waals surface area contributed by atoms with Crippen molar-refractivity contribution in [2.24, 2.45) is 5.41 Å². The summed E-state index contributed by atoms with van der Waals surface area (Å²) in [4.78, 5) is 17.5. The van der Waals surface area contributed by atoms with Gasteiger partial charge in [-0.3, -0.25) is 9.69 Å². The molecule has 1 spiro atoms. The topological polar surface area (TPSA) is 56.6 Å². The molecular weight excluding hydrogens is 410 g/mol. The van der Waals surface area contributed by atoms with Crippen molar-refractivity contribution in [1.29, 1.82) is 5.26 Å². The molecule has 1 amide bonds. The lowest BCUT2D eigenvalue weighted by atomic mass is 9.71. The van der Waals surface area contributed by atoms with Crippen LogP contribution in [-0.2, 0) is 13.0 Å². The molecule has 0 saturated carbocycles. The molecule has 2 aromatic rings. The number of ether oxygens (including phenoxy) is 1. The fourth-order valence-corrected chi connectivity index (χ4v) is 5.85. The van der Waals surface area contributed by atoms with Crippen molar-refractivity contribution in [3.63, 3.8) is 0 Å². The zero-order valence-corrected chi connectivity index (χ0v) is 19.8. The molecule has 172 valence electrons. The van der Waals surface area contributed by atoms with Crippen LogP contribution < -0.4 is 4.74 Å². The Labute approximate surface area is 196 Å². The van der Waals surface area contributed by atoms with E-state index in [0.29, 0.717) is 16.5 Å². The number of hydrogen-bond acceptors (Lipinski definition) is 4. The number of para-hydroxylation sites is 1. The maximum atomic E-state index is 13.0. The molecule has 3 aliphatic heterocycles. The van der Waals surface area contributed by atoms with Crippen molar-refractivity contribution < 1.29 is 9.53 Å².